The van der Waals surface area contributed by atoms with Crippen molar-refractivity contribution in [1.82, 2.24) is 0 Å². The predicted octanol–water partition coefficient (Wildman–Crippen LogP) is -1.48. The van der Waals surface area contributed by atoms with Gasteiger partial charge in [0.05, 0.1) is 0 Å². The molecule has 0 aromatic heterocycles. The van der Waals surface area contributed by atoms with Crippen LogP contribution in [0.5, 0.6) is 0 Å². The Morgan fingerprint density at radius 2 is 1.10 bits per heavy atom. The van der Waals surface area contributed by atoms with Crippen molar-refractivity contribution in [3.05, 3.63) is 0 Å². The molecule has 0 saturated carbocycles. The molecule has 0 spiro atoms. The first-order valence-corrected chi connectivity index (χ1v) is 6.73. The molecule has 0 aliphatic rings. The topological polar surface area (TPSA) is 179 Å². The molecule has 4 atom stereocenters. The van der Waals surface area contributed by atoms with Gasteiger partial charge in [0.2, 0.25) is 0 Å². The summed E-state index contributed by atoms with van der Waals surface area (Å²) in [7, 11) is 0. The van der Waals surface area contributed by atoms with E-state index in [0.717, 1.165) is 0 Å². The highest BCUT2D eigenvalue weighted by Gasteiger charge is 2.36. The van der Waals surface area contributed by atoms with E-state index in [1.54, 1.807) is 0 Å². The number of nitrogens with two attached hydrogens (primary N) is 4. The van der Waals surface area contributed by atoms with E-state index < -0.39 is 35.9 Å². The van der Waals surface area contributed by atoms with E-state index in [4.69, 9.17) is 33.1 Å². The first-order valence-electron chi connectivity index (χ1n) is 6.73. The number of carboxylic acid groups (broad SMARTS) is 2. The van der Waals surface area contributed by atoms with Crippen LogP contribution in [0.4, 0.5) is 0 Å². The van der Waals surface area contributed by atoms with Crippen molar-refractivity contribution in [3.63, 3.8) is 0 Å². The normalized spacial score (nSPS) is 17.2. The first-order chi connectivity index (χ1) is 9.36. The van der Waals surface area contributed by atoms with Gasteiger partial charge >= 0.3 is 11.9 Å². The minimum absolute atomic E-state index is 0.384. The summed E-state index contributed by atoms with van der Waals surface area (Å²) in [4.78, 5) is 22.2. The molecule has 0 radical (unpaired) electrons. The van der Waals surface area contributed by atoms with Gasteiger partial charge in [-0.25, -0.2) is 0 Å². The van der Waals surface area contributed by atoms with Crippen molar-refractivity contribution in [2.24, 2.45) is 34.8 Å². The summed E-state index contributed by atoms with van der Waals surface area (Å²) in [6.45, 7) is 0.767. The summed E-state index contributed by atoms with van der Waals surface area (Å²) >= 11 is 0. The molecule has 0 aromatic carbocycles. The molecule has 0 saturated heterocycles. The quantitative estimate of drug-likeness (QED) is 0.266. The third kappa shape index (κ3) is 5.83. The molecule has 0 heterocycles. The molecular formula is C12H26N4O4. The number of carbonyl (C=O) groups is 2. The molecule has 8 nitrogen and oxygen atoms in total. The summed E-state index contributed by atoms with van der Waals surface area (Å²) in [5.74, 6) is -3.40. The lowest BCUT2D eigenvalue weighted by Gasteiger charge is -2.32. The Morgan fingerprint density at radius 3 is 1.30 bits per heavy atom. The molecule has 0 rings (SSSR count). The first kappa shape index (κ1) is 18.8. The highest BCUT2D eigenvalue weighted by atomic mass is 16.4. The van der Waals surface area contributed by atoms with E-state index in [1.165, 1.54) is 0 Å². The smallest absolute Gasteiger partial charge is 0.320 e. The van der Waals surface area contributed by atoms with Gasteiger partial charge in [0, 0.05) is 0 Å². The lowest BCUT2D eigenvalue weighted by molar-refractivity contribution is -0.144. The molecule has 10 N–H and O–H groups in total. The Hall–Kier alpha value is -1.22. The van der Waals surface area contributed by atoms with E-state index in [1.807, 2.05) is 0 Å². The fraction of sp³-hybridized carbons (Fsp3) is 0.833. The largest absolute Gasteiger partial charge is 0.480 e. The summed E-state index contributed by atoms with van der Waals surface area (Å²) in [5.41, 5.74) is 22.3. The molecule has 0 aliphatic heterocycles. The minimum atomic E-state index is -1.16. The van der Waals surface area contributed by atoms with Crippen LogP contribution in [0.25, 0.3) is 0 Å². The van der Waals surface area contributed by atoms with Crippen LogP contribution in [0.15, 0.2) is 0 Å². The van der Waals surface area contributed by atoms with Crippen LogP contribution in [-0.2, 0) is 9.59 Å². The zero-order valence-corrected chi connectivity index (χ0v) is 11.6. The predicted molar refractivity (Wildman–Crippen MR) is 74.8 cm³/mol. The van der Waals surface area contributed by atoms with Crippen LogP contribution in [0.1, 0.15) is 25.7 Å². The van der Waals surface area contributed by atoms with E-state index in [2.05, 4.69) is 0 Å². The SMILES string of the molecule is NCCCC(C(N)C(=O)O)C(CCCN)C(N)C(=O)O. The average molecular weight is 290 g/mol. The third-order valence-electron chi connectivity index (χ3n) is 3.53. The van der Waals surface area contributed by atoms with E-state index in [-0.39, 0.29) is 0 Å². The van der Waals surface area contributed by atoms with Crippen LogP contribution < -0.4 is 22.9 Å². The Balaban J connectivity index is 5.14. The van der Waals surface area contributed by atoms with Crippen molar-refractivity contribution in [2.45, 2.75) is 37.8 Å². The summed E-state index contributed by atoms with van der Waals surface area (Å²) in [6.07, 6.45) is 1.99. The van der Waals surface area contributed by atoms with Crippen molar-refractivity contribution in [2.75, 3.05) is 13.1 Å². The second kappa shape index (κ2) is 9.65. The van der Waals surface area contributed by atoms with Gasteiger partial charge in [-0.1, -0.05) is 0 Å². The average Bonchev–Trinajstić information content (AvgIpc) is 2.40. The molecule has 0 amide bonds. The number of carboxylic acids is 2. The molecule has 8 heteroatoms. The molecule has 4 unspecified atom stereocenters. The highest BCUT2D eigenvalue weighted by Crippen LogP contribution is 2.27. The van der Waals surface area contributed by atoms with Crippen molar-refractivity contribution >= 4 is 11.9 Å². The van der Waals surface area contributed by atoms with Gasteiger partial charge in [-0.15, -0.1) is 0 Å². The van der Waals surface area contributed by atoms with Gasteiger partial charge in [-0.3, -0.25) is 9.59 Å². The van der Waals surface area contributed by atoms with Gasteiger partial charge < -0.3 is 33.1 Å². The van der Waals surface area contributed by atoms with Gasteiger partial charge in [-0.2, -0.15) is 0 Å². The fourth-order valence-corrected chi connectivity index (χ4v) is 2.39. The molecule has 118 valence electrons. The third-order valence-corrected chi connectivity index (χ3v) is 3.53. The second-order valence-electron chi connectivity index (χ2n) is 4.92. The zero-order chi connectivity index (χ0) is 15.7. The molecule has 0 fully saturated rings. The lowest BCUT2D eigenvalue weighted by Crippen LogP contribution is -2.50. The minimum Gasteiger partial charge on any atom is -0.480 e. The van der Waals surface area contributed by atoms with Crippen LogP contribution in [0.3, 0.4) is 0 Å². The Kier molecular flexibility index (Phi) is 9.06. The van der Waals surface area contributed by atoms with Crippen LogP contribution in [-0.4, -0.2) is 47.3 Å². The molecule has 20 heavy (non-hydrogen) atoms. The van der Waals surface area contributed by atoms with E-state index >= 15 is 0 Å². The van der Waals surface area contributed by atoms with E-state index in [0.29, 0.717) is 38.8 Å². The number of hydrogen-bond donors (Lipinski definition) is 6. The van der Waals surface area contributed by atoms with Gasteiger partial charge in [-0.05, 0) is 50.6 Å². The lowest BCUT2D eigenvalue weighted by atomic mass is 9.76. The Labute approximate surface area is 118 Å². The van der Waals surface area contributed by atoms with Crippen LogP contribution in [0.2, 0.25) is 0 Å². The van der Waals surface area contributed by atoms with Crippen LogP contribution >= 0.6 is 0 Å². The van der Waals surface area contributed by atoms with Crippen LogP contribution in [0, 0.1) is 11.8 Å². The molecule has 0 aromatic rings. The Bertz CT molecular complexity index is 284. The van der Waals surface area contributed by atoms with E-state index in [9.17, 15) is 9.59 Å². The maximum Gasteiger partial charge on any atom is 0.320 e. The summed E-state index contributed by atoms with van der Waals surface area (Å²) in [5, 5.41) is 18.2. The maximum atomic E-state index is 11.1. The summed E-state index contributed by atoms with van der Waals surface area (Å²) < 4.78 is 0. The molecule has 0 aliphatic carbocycles. The highest BCUT2D eigenvalue weighted by molar-refractivity contribution is 5.75. The van der Waals surface area contributed by atoms with Gasteiger partial charge in [0.15, 0.2) is 0 Å². The van der Waals surface area contributed by atoms with Crippen molar-refractivity contribution in [3.8, 4) is 0 Å². The Morgan fingerprint density at radius 1 is 0.800 bits per heavy atom. The maximum absolute atomic E-state index is 11.1. The van der Waals surface area contributed by atoms with Gasteiger partial charge in [0.1, 0.15) is 12.1 Å². The number of rotatable bonds is 11. The van der Waals surface area contributed by atoms with Gasteiger partial charge in [0.25, 0.3) is 0 Å². The standard InChI is InChI=1S/C12H26N4O4/c13-5-1-3-7(9(15)11(17)18)8(4-2-6-14)10(16)12(19)20/h7-10H,1-6,13-16H2,(H,17,18)(H,19,20). The number of aliphatic carboxylic acids is 2. The second-order valence-corrected chi connectivity index (χ2v) is 4.92. The summed E-state index contributed by atoms with van der Waals surface area (Å²) in [6, 6.07) is -2.32. The van der Waals surface area contributed by atoms with Crippen molar-refractivity contribution in [1.29, 1.82) is 0 Å². The molecule has 0 bridgehead atoms. The zero-order valence-electron chi connectivity index (χ0n) is 11.6. The molecular weight excluding hydrogens is 264 g/mol. The number of hydrogen-bond acceptors (Lipinski definition) is 6. The fourth-order valence-electron chi connectivity index (χ4n) is 2.39. The monoisotopic (exact) mass is 290 g/mol. The van der Waals surface area contributed by atoms with Crippen molar-refractivity contribution < 1.29 is 19.8 Å².